The van der Waals surface area contributed by atoms with Gasteiger partial charge in [0.05, 0.1) is 5.69 Å². The lowest BCUT2D eigenvalue weighted by Crippen LogP contribution is -2.39. The third-order valence-electron chi connectivity index (χ3n) is 6.38. The topological polar surface area (TPSA) is 104 Å². The van der Waals surface area contributed by atoms with E-state index in [1.165, 1.54) is 6.42 Å². The van der Waals surface area contributed by atoms with Gasteiger partial charge in [-0.25, -0.2) is 4.98 Å². The van der Waals surface area contributed by atoms with Gasteiger partial charge in [0, 0.05) is 52.0 Å². The lowest BCUT2D eigenvalue weighted by Gasteiger charge is -2.36. The summed E-state index contributed by atoms with van der Waals surface area (Å²) < 4.78 is 5.46. The number of rotatable bonds is 8. The van der Waals surface area contributed by atoms with Gasteiger partial charge in [-0.1, -0.05) is 19.0 Å². The zero-order valence-corrected chi connectivity index (χ0v) is 19.4. The molecular formula is C23H34N6O3. The van der Waals surface area contributed by atoms with Crippen molar-refractivity contribution in [3.63, 3.8) is 0 Å². The van der Waals surface area contributed by atoms with E-state index in [-0.39, 0.29) is 11.8 Å². The second-order valence-corrected chi connectivity index (χ2v) is 9.45. The Hall–Kier alpha value is -2.71. The van der Waals surface area contributed by atoms with E-state index in [2.05, 4.69) is 34.2 Å². The van der Waals surface area contributed by atoms with Crippen molar-refractivity contribution in [1.82, 2.24) is 25.3 Å². The molecule has 32 heavy (non-hydrogen) atoms. The predicted octanol–water partition coefficient (Wildman–Crippen LogP) is 2.47. The number of carbonyl (C=O) groups is 2. The second kappa shape index (κ2) is 9.83. The van der Waals surface area contributed by atoms with Crippen LogP contribution >= 0.6 is 0 Å². The molecule has 2 aromatic heterocycles. The van der Waals surface area contributed by atoms with Crippen LogP contribution < -0.4 is 10.2 Å². The number of carbonyl (C=O) groups excluding carboxylic acids is 2. The third kappa shape index (κ3) is 5.19. The van der Waals surface area contributed by atoms with Crippen molar-refractivity contribution in [2.75, 3.05) is 37.6 Å². The van der Waals surface area contributed by atoms with Crippen molar-refractivity contribution in [1.29, 1.82) is 0 Å². The molecule has 2 amide bonds. The minimum atomic E-state index is -0.0306. The summed E-state index contributed by atoms with van der Waals surface area (Å²) >= 11 is 0. The first-order valence-corrected chi connectivity index (χ1v) is 11.8. The van der Waals surface area contributed by atoms with Gasteiger partial charge in [0.1, 0.15) is 17.0 Å². The van der Waals surface area contributed by atoms with Crippen LogP contribution in [0.2, 0.25) is 0 Å². The monoisotopic (exact) mass is 442 g/mol. The number of aromatic nitrogens is 3. The van der Waals surface area contributed by atoms with E-state index in [1.807, 2.05) is 11.8 Å². The average molecular weight is 443 g/mol. The summed E-state index contributed by atoms with van der Waals surface area (Å²) in [5.41, 5.74) is 1.28. The molecule has 9 nitrogen and oxygen atoms in total. The molecule has 9 heteroatoms. The van der Waals surface area contributed by atoms with E-state index in [9.17, 15) is 9.59 Å². The van der Waals surface area contributed by atoms with E-state index >= 15 is 0 Å². The number of likely N-dealkylation sites (tertiary alicyclic amines) is 1. The molecule has 0 aromatic carbocycles. The van der Waals surface area contributed by atoms with Gasteiger partial charge in [0.15, 0.2) is 0 Å². The average Bonchev–Trinajstić information content (AvgIpc) is 3.33. The summed E-state index contributed by atoms with van der Waals surface area (Å²) in [6.07, 6.45) is 4.33. The molecule has 0 aliphatic carbocycles. The summed E-state index contributed by atoms with van der Waals surface area (Å²) in [5.74, 6) is 2.85. The molecule has 0 radical (unpaired) electrons. The molecule has 174 valence electrons. The molecule has 0 unspecified atom stereocenters. The van der Waals surface area contributed by atoms with Gasteiger partial charge in [-0.15, -0.1) is 0 Å². The SMILES string of the molecule is Cc1noc2nc(CCC(=O)NCCCN3CCCC3=O)nc(N3C[C@H](C)C[C@@H](C)C3)c12. The highest BCUT2D eigenvalue weighted by Gasteiger charge is 2.27. The Kier molecular flexibility index (Phi) is 6.91. The maximum absolute atomic E-state index is 12.3. The fourth-order valence-corrected chi connectivity index (χ4v) is 4.94. The normalized spacial score (nSPS) is 21.5. The van der Waals surface area contributed by atoms with Gasteiger partial charge in [0.25, 0.3) is 5.71 Å². The molecule has 1 N–H and O–H groups in total. The molecule has 4 rings (SSSR count). The number of anilines is 1. The zero-order chi connectivity index (χ0) is 22.7. The molecule has 2 aliphatic heterocycles. The molecule has 2 aliphatic rings. The molecule has 2 saturated heterocycles. The number of nitrogens with zero attached hydrogens (tertiary/aromatic N) is 5. The number of amides is 2. The molecule has 2 atom stereocenters. The second-order valence-electron chi connectivity index (χ2n) is 9.45. The first kappa shape index (κ1) is 22.5. The van der Waals surface area contributed by atoms with Crippen LogP contribution in [0.4, 0.5) is 5.82 Å². The lowest BCUT2D eigenvalue weighted by molar-refractivity contribution is -0.127. The van der Waals surface area contributed by atoms with Gasteiger partial charge in [0.2, 0.25) is 11.8 Å². The highest BCUT2D eigenvalue weighted by molar-refractivity contribution is 5.88. The van der Waals surface area contributed by atoms with Crippen LogP contribution in [0.25, 0.3) is 11.1 Å². The van der Waals surface area contributed by atoms with Crippen LogP contribution in [-0.4, -0.2) is 64.6 Å². The Labute approximate surface area is 188 Å². The maximum atomic E-state index is 12.3. The van der Waals surface area contributed by atoms with E-state index in [1.54, 1.807) is 0 Å². The Morgan fingerprint density at radius 2 is 2.00 bits per heavy atom. The van der Waals surface area contributed by atoms with E-state index in [4.69, 9.17) is 9.51 Å². The quantitative estimate of drug-likeness (QED) is 0.626. The standard InChI is InChI=1S/C23H34N6O3/c1-15-12-16(2)14-29(13-15)22-21-17(3)27-32-23(21)26-18(25-22)7-8-19(30)24-9-5-11-28-10-4-6-20(28)31/h15-16H,4-14H2,1-3H3,(H,24,30)/t15-,16-/m1/s1. The van der Waals surface area contributed by atoms with Gasteiger partial charge in [-0.2, -0.15) is 4.98 Å². The summed E-state index contributed by atoms with van der Waals surface area (Å²) in [7, 11) is 0. The van der Waals surface area contributed by atoms with Crippen LogP contribution in [-0.2, 0) is 16.0 Å². The fourth-order valence-electron chi connectivity index (χ4n) is 4.94. The van der Waals surface area contributed by atoms with Crippen molar-refractivity contribution >= 4 is 28.7 Å². The van der Waals surface area contributed by atoms with Crippen LogP contribution in [0, 0.1) is 18.8 Å². The fraction of sp³-hybridized carbons (Fsp3) is 0.696. The number of nitrogens with one attached hydrogen (secondary N) is 1. The maximum Gasteiger partial charge on any atom is 0.263 e. The Morgan fingerprint density at radius 1 is 1.22 bits per heavy atom. The smallest absolute Gasteiger partial charge is 0.263 e. The first-order valence-electron chi connectivity index (χ1n) is 11.8. The van der Waals surface area contributed by atoms with Crippen LogP contribution in [0.1, 0.15) is 57.5 Å². The van der Waals surface area contributed by atoms with Crippen LogP contribution in [0.5, 0.6) is 0 Å². The van der Waals surface area contributed by atoms with Gasteiger partial charge >= 0.3 is 0 Å². The Bertz CT molecular complexity index is 964. The summed E-state index contributed by atoms with van der Waals surface area (Å²) in [4.78, 5) is 37.5. The molecule has 2 aromatic rings. The van der Waals surface area contributed by atoms with Gasteiger partial charge in [-0.05, 0) is 38.0 Å². The Morgan fingerprint density at radius 3 is 2.72 bits per heavy atom. The number of fused-ring (bicyclic) bond motifs is 1. The van der Waals surface area contributed by atoms with Crippen molar-refractivity contribution in [3.8, 4) is 0 Å². The summed E-state index contributed by atoms with van der Waals surface area (Å²) in [6.45, 7) is 10.5. The lowest BCUT2D eigenvalue weighted by atomic mass is 9.92. The summed E-state index contributed by atoms with van der Waals surface area (Å²) in [6, 6.07) is 0. The third-order valence-corrected chi connectivity index (χ3v) is 6.38. The van der Waals surface area contributed by atoms with Crippen LogP contribution in [0.3, 0.4) is 0 Å². The molecule has 0 bridgehead atoms. The molecule has 0 saturated carbocycles. The number of hydrogen-bond acceptors (Lipinski definition) is 7. The van der Waals surface area contributed by atoms with Crippen LogP contribution in [0.15, 0.2) is 4.52 Å². The van der Waals surface area contributed by atoms with Crippen molar-refractivity contribution in [3.05, 3.63) is 11.5 Å². The van der Waals surface area contributed by atoms with E-state index in [0.29, 0.717) is 55.7 Å². The zero-order valence-electron chi connectivity index (χ0n) is 19.4. The summed E-state index contributed by atoms with van der Waals surface area (Å²) in [5, 5.41) is 7.92. The molecule has 2 fully saturated rings. The molecular weight excluding hydrogens is 408 g/mol. The number of piperidine rings is 1. The largest absolute Gasteiger partial charge is 0.356 e. The van der Waals surface area contributed by atoms with Crippen molar-refractivity contribution < 1.29 is 14.1 Å². The number of aryl methyl sites for hydroxylation is 2. The van der Waals surface area contributed by atoms with Gasteiger partial charge in [-0.3, -0.25) is 9.59 Å². The minimum Gasteiger partial charge on any atom is -0.356 e. The molecule has 4 heterocycles. The predicted molar refractivity (Wildman–Crippen MR) is 121 cm³/mol. The van der Waals surface area contributed by atoms with Crippen molar-refractivity contribution in [2.24, 2.45) is 11.8 Å². The first-order chi connectivity index (χ1) is 15.4. The van der Waals surface area contributed by atoms with E-state index < -0.39 is 0 Å². The number of hydrogen-bond donors (Lipinski definition) is 1. The highest BCUT2D eigenvalue weighted by atomic mass is 16.5. The molecule has 0 spiro atoms. The van der Waals surface area contributed by atoms with Crippen molar-refractivity contribution in [2.45, 2.75) is 59.3 Å². The highest BCUT2D eigenvalue weighted by Crippen LogP contribution is 2.31. The van der Waals surface area contributed by atoms with E-state index in [0.717, 1.165) is 49.4 Å². The van der Waals surface area contributed by atoms with Gasteiger partial charge < -0.3 is 19.6 Å². The Balaban J connectivity index is 1.35. The minimum absolute atomic E-state index is 0.0306.